The van der Waals surface area contributed by atoms with Gasteiger partial charge >= 0.3 is 0 Å². The van der Waals surface area contributed by atoms with E-state index >= 15 is 0 Å². The van der Waals surface area contributed by atoms with E-state index in [1.807, 2.05) is 42.5 Å². The first-order valence-corrected chi connectivity index (χ1v) is 9.39. The second-order valence-corrected chi connectivity index (χ2v) is 6.93. The standard InChI is InChI=1S/C23H17ClN2O3/c24-18-9-6-16(7-10-18)14-25-22(27)17-8-11-20-19(13-17)26-23(28)21(29-20)12-15-4-2-1-3-5-15/h1-13H,14H2,(H,25,27)(H,26,28). The SMILES string of the molecule is O=C1Nc2cc(C(=O)NCc3ccc(Cl)cc3)ccc2OC1=Cc1ccccc1. The van der Waals surface area contributed by atoms with Gasteiger partial charge in [-0.3, -0.25) is 9.59 Å². The van der Waals surface area contributed by atoms with Gasteiger partial charge in [-0.05, 0) is 47.5 Å². The molecule has 1 aliphatic heterocycles. The molecule has 0 unspecified atom stereocenters. The highest BCUT2D eigenvalue weighted by molar-refractivity contribution is 6.30. The first-order valence-electron chi connectivity index (χ1n) is 9.01. The molecule has 0 atom stereocenters. The van der Waals surface area contributed by atoms with Crippen molar-refractivity contribution < 1.29 is 14.3 Å². The van der Waals surface area contributed by atoms with Gasteiger partial charge in [-0.15, -0.1) is 0 Å². The first-order chi connectivity index (χ1) is 14.1. The highest BCUT2D eigenvalue weighted by Gasteiger charge is 2.23. The Morgan fingerprint density at radius 3 is 2.55 bits per heavy atom. The van der Waals surface area contributed by atoms with E-state index < -0.39 is 0 Å². The molecule has 0 saturated heterocycles. The first kappa shape index (κ1) is 18.8. The van der Waals surface area contributed by atoms with E-state index in [2.05, 4.69) is 10.6 Å². The minimum atomic E-state index is -0.361. The van der Waals surface area contributed by atoms with Gasteiger partial charge < -0.3 is 15.4 Å². The van der Waals surface area contributed by atoms with Crippen LogP contribution in [0.2, 0.25) is 5.02 Å². The van der Waals surface area contributed by atoms with Gasteiger partial charge in [0.05, 0.1) is 5.69 Å². The van der Waals surface area contributed by atoms with Gasteiger partial charge in [0.15, 0.2) is 11.5 Å². The largest absolute Gasteiger partial charge is 0.449 e. The molecule has 3 aromatic rings. The van der Waals surface area contributed by atoms with Crippen LogP contribution in [-0.2, 0) is 11.3 Å². The van der Waals surface area contributed by atoms with E-state index in [4.69, 9.17) is 16.3 Å². The fourth-order valence-corrected chi connectivity index (χ4v) is 3.01. The number of halogens is 1. The second kappa shape index (κ2) is 8.20. The maximum Gasteiger partial charge on any atom is 0.291 e. The summed E-state index contributed by atoms with van der Waals surface area (Å²) in [5.41, 5.74) is 2.68. The Kier molecular flexibility index (Phi) is 5.31. The van der Waals surface area contributed by atoms with Crippen molar-refractivity contribution in [1.29, 1.82) is 0 Å². The lowest BCUT2D eigenvalue weighted by Gasteiger charge is -2.20. The normalized spacial score (nSPS) is 14.0. The number of fused-ring (bicyclic) bond motifs is 1. The monoisotopic (exact) mass is 404 g/mol. The van der Waals surface area contributed by atoms with Gasteiger partial charge in [-0.2, -0.15) is 0 Å². The van der Waals surface area contributed by atoms with Crippen LogP contribution in [0.4, 0.5) is 5.69 Å². The molecule has 0 aromatic heterocycles. The number of carbonyl (C=O) groups excluding carboxylic acids is 2. The lowest BCUT2D eigenvalue weighted by molar-refractivity contribution is -0.115. The van der Waals surface area contributed by atoms with Crippen molar-refractivity contribution >= 4 is 35.2 Å². The summed E-state index contributed by atoms with van der Waals surface area (Å²) in [5, 5.41) is 6.27. The van der Waals surface area contributed by atoms with Gasteiger partial charge in [0, 0.05) is 17.1 Å². The molecule has 4 rings (SSSR count). The summed E-state index contributed by atoms with van der Waals surface area (Å²) in [4.78, 5) is 24.8. The molecule has 2 amide bonds. The van der Waals surface area contributed by atoms with Crippen LogP contribution in [0.25, 0.3) is 6.08 Å². The minimum absolute atomic E-state index is 0.198. The molecule has 0 saturated carbocycles. The summed E-state index contributed by atoms with van der Waals surface area (Å²) in [6.45, 7) is 0.375. The number of hydrogen-bond donors (Lipinski definition) is 2. The second-order valence-electron chi connectivity index (χ2n) is 6.50. The molecule has 29 heavy (non-hydrogen) atoms. The Balaban J connectivity index is 1.47. The van der Waals surface area contributed by atoms with E-state index in [1.54, 1.807) is 36.4 Å². The van der Waals surface area contributed by atoms with Crippen LogP contribution in [0.15, 0.2) is 78.6 Å². The average molecular weight is 405 g/mol. The molecular weight excluding hydrogens is 388 g/mol. The van der Waals surface area contributed by atoms with Crippen molar-refractivity contribution in [1.82, 2.24) is 5.32 Å². The van der Waals surface area contributed by atoms with Gasteiger partial charge in [0.2, 0.25) is 0 Å². The highest BCUT2D eigenvalue weighted by Crippen LogP contribution is 2.32. The Bertz CT molecular complexity index is 1090. The van der Waals surface area contributed by atoms with E-state index in [1.165, 1.54) is 0 Å². The number of ether oxygens (including phenoxy) is 1. The topological polar surface area (TPSA) is 67.4 Å². The van der Waals surface area contributed by atoms with Crippen molar-refractivity contribution in [2.45, 2.75) is 6.54 Å². The van der Waals surface area contributed by atoms with Gasteiger partial charge in [0.1, 0.15) is 0 Å². The van der Waals surface area contributed by atoms with Crippen LogP contribution >= 0.6 is 11.6 Å². The van der Waals surface area contributed by atoms with Crippen molar-refractivity contribution in [2.75, 3.05) is 5.32 Å². The van der Waals surface area contributed by atoms with Gasteiger partial charge in [-0.1, -0.05) is 54.1 Å². The van der Waals surface area contributed by atoms with Crippen molar-refractivity contribution in [3.05, 3.63) is 100 Å². The molecule has 0 radical (unpaired) electrons. The number of nitrogens with one attached hydrogen (secondary N) is 2. The van der Waals surface area contributed by atoms with Crippen molar-refractivity contribution in [3.8, 4) is 5.75 Å². The predicted molar refractivity (Wildman–Crippen MR) is 113 cm³/mol. The molecule has 144 valence electrons. The molecule has 6 heteroatoms. The lowest BCUT2D eigenvalue weighted by atomic mass is 10.1. The zero-order valence-electron chi connectivity index (χ0n) is 15.3. The molecule has 1 aliphatic rings. The summed E-state index contributed by atoms with van der Waals surface area (Å²) >= 11 is 5.87. The Labute approximate surface area is 173 Å². The quantitative estimate of drug-likeness (QED) is 0.622. The van der Waals surface area contributed by atoms with Crippen LogP contribution in [-0.4, -0.2) is 11.8 Å². The minimum Gasteiger partial charge on any atom is -0.449 e. The number of amides is 2. The summed E-state index contributed by atoms with van der Waals surface area (Å²) in [6, 6.07) is 21.6. The van der Waals surface area contributed by atoms with Crippen LogP contribution in [0, 0.1) is 0 Å². The molecule has 0 spiro atoms. The van der Waals surface area contributed by atoms with Gasteiger partial charge in [0.25, 0.3) is 11.8 Å². The molecule has 2 N–H and O–H groups in total. The summed E-state index contributed by atoms with van der Waals surface area (Å²) in [5.74, 6) is 0.0763. The molecule has 3 aromatic carbocycles. The maximum atomic E-state index is 12.5. The molecule has 1 heterocycles. The maximum absolute atomic E-state index is 12.5. The summed E-state index contributed by atoms with van der Waals surface area (Å²) in [7, 11) is 0. The Morgan fingerprint density at radius 2 is 1.79 bits per heavy atom. The predicted octanol–water partition coefficient (Wildman–Crippen LogP) is 4.64. The van der Waals surface area contributed by atoms with E-state index in [0.717, 1.165) is 11.1 Å². The van der Waals surface area contributed by atoms with Crippen molar-refractivity contribution in [2.24, 2.45) is 0 Å². The van der Waals surface area contributed by atoms with Crippen LogP contribution in [0.3, 0.4) is 0 Å². The highest BCUT2D eigenvalue weighted by atomic mass is 35.5. The Morgan fingerprint density at radius 1 is 1.03 bits per heavy atom. The number of benzene rings is 3. The van der Waals surface area contributed by atoms with Crippen LogP contribution < -0.4 is 15.4 Å². The third-order valence-corrected chi connectivity index (χ3v) is 4.65. The average Bonchev–Trinajstić information content (AvgIpc) is 2.74. The molecule has 0 aliphatic carbocycles. The van der Waals surface area contributed by atoms with Crippen LogP contribution in [0.1, 0.15) is 21.5 Å². The molecule has 0 fully saturated rings. The van der Waals surface area contributed by atoms with E-state index in [9.17, 15) is 9.59 Å². The number of hydrogen-bond acceptors (Lipinski definition) is 3. The number of anilines is 1. The van der Waals surface area contributed by atoms with Crippen LogP contribution in [0.5, 0.6) is 5.75 Å². The third-order valence-electron chi connectivity index (χ3n) is 4.40. The molecule has 0 bridgehead atoms. The molecule has 5 nitrogen and oxygen atoms in total. The number of rotatable bonds is 4. The van der Waals surface area contributed by atoms with Gasteiger partial charge in [-0.25, -0.2) is 0 Å². The summed E-state index contributed by atoms with van der Waals surface area (Å²) < 4.78 is 5.73. The smallest absolute Gasteiger partial charge is 0.291 e. The number of carbonyl (C=O) groups is 2. The zero-order chi connectivity index (χ0) is 20.2. The third kappa shape index (κ3) is 4.47. The van der Waals surface area contributed by atoms with E-state index in [-0.39, 0.29) is 17.6 Å². The lowest BCUT2D eigenvalue weighted by Crippen LogP contribution is -2.25. The fourth-order valence-electron chi connectivity index (χ4n) is 2.89. The molecular formula is C23H17ClN2O3. The van der Waals surface area contributed by atoms with Crippen molar-refractivity contribution in [3.63, 3.8) is 0 Å². The Hall–Kier alpha value is -3.57. The van der Waals surface area contributed by atoms with E-state index in [0.29, 0.717) is 28.6 Å². The fraction of sp³-hybridized carbons (Fsp3) is 0.0435. The zero-order valence-corrected chi connectivity index (χ0v) is 16.1. The summed E-state index contributed by atoms with van der Waals surface area (Å²) in [6.07, 6.45) is 1.67.